The van der Waals surface area contributed by atoms with Gasteiger partial charge in [-0.1, -0.05) is 31.4 Å². The van der Waals surface area contributed by atoms with Crippen LogP contribution in [0.4, 0.5) is 10.1 Å². The summed E-state index contributed by atoms with van der Waals surface area (Å²) in [7, 11) is -3.93. The zero-order valence-electron chi connectivity index (χ0n) is 17.0. The van der Waals surface area contributed by atoms with E-state index in [0.717, 1.165) is 31.2 Å². The second-order valence-electron chi connectivity index (χ2n) is 8.40. The molecule has 2 fully saturated rings. The fraction of sp³-hybridized carbons (Fsp3) is 0.409. The fourth-order valence-electron chi connectivity index (χ4n) is 4.26. The maximum atomic E-state index is 14.4. The van der Waals surface area contributed by atoms with Gasteiger partial charge in [-0.25, -0.2) is 12.8 Å². The van der Waals surface area contributed by atoms with Gasteiger partial charge in [0.1, 0.15) is 5.82 Å². The number of rotatable bonds is 6. The van der Waals surface area contributed by atoms with Crippen LogP contribution in [0.15, 0.2) is 47.4 Å². The summed E-state index contributed by atoms with van der Waals surface area (Å²) < 4.78 is 44.2. The quantitative estimate of drug-likeness (QED) is 0.607. The Kier molecular flexibility index (Phi) is 5.21. The first-order chi connectivity index (χ1) is 15.0. The normalized spacial score (nSPS) is 17.6. The molecule has 1 heterocycles. The zero-order chi connectivity index (χ0) is 21.4. The highest BCUT2D eigenvalue weighted by atomic mass is 32.2. The topological polar surface area (TPSA) is 89.8 Å². The third-order valence-electron chi connectivity index (χ3n) is 6.14. The van der Waals surface area contributed by atoms with Crippen molar-refractivity contribution in [2.75, 3.05) is 4.72 Å². The molecule has 1 aromatic heterocycles. The van der Waals surface area contributed by atoms with Crippen molar-refractivity contribution < 1.29 is 12.8 Å². The minimum absolute atomic E-state index is 0.109. The second kappa shape index (κ2) is 8.03. The van der Waals surface area contributed by atoms with Gasteiger partial charge in [0.25, 0.3) is 10.0 Å². The number of nitrogens with one attached hydrogen (secondary N) is 1. The van der Waals surface area contributed by atoms with Gasteiger partial charge in [0.2, 0.25) is 0 Å². The van der Waals surface area contributed by atoms with Gasteiger partial charge in [0.15, 0.2) is 5.82 Å². The van der Waals surface area contributed by atoms with E-state index in [1.165, 1.54) is 42.1 Å². The highest BCUT2D eigenvalue weighted by molar-refractivity contribution is 7.92. The largest absolute Gasteiger partial charge is 0.277 e. The molecule has 0 amide bonds. The van der Waals surface area contributed by atoms with Crippen molar-refractivity contribution in [3.63, 3.8) is 0 Å². The highest BCUT2D eigenvalue weighted by Gasteiger charge is 2.30. The van der Waals surface area contributed by atoms with Crippen LogP contribution in [0.1, 0.15) is 68.2 Å². The predicted octanol–water partition coefficient (Wildman–Crippen LogP) is 4.53. The van der Waals surface area contributed by atoms with E-state index < -0.39 is 15.8 Å². The van der Waals surface area contributed by atoms with Gasteiger partial charge >= 0.3 is 0 Å². The average Bonchev–Trinajstić information content (AvgIpc) is 3.52. The van der Waals surface area contributed by atoms with Crippen LogP contribution in [0.3, 0.4) is 0 Å². The lowest BCUT2D eigenvalue weighted by Gasteiger charge is -2.22. The minimum atomic E-state index is -3.93. The van der Waals surface area contributed by atoms with E-state index in [1.807, 2.05) is 12.1 Å². The molecule has 0 unspecified atom stereocenters. The summed E-state index contributed by atoms with van der Waals surface area (Å²) in [4.78, 5) is 0.109. The van der Waals surface area contributed by atoms with E-state index >= 15 is 0 Å². The smallest absolute Gasteiger partial charge is 0.261 e. The molecule has 9 heteroatoms. The molecule has 31 heavy (non-hydrogen) atoms. The molecule has 162 valence electrons. The molecular weight excluding hydrogens is 417 g/mol. The minimum Gasteiger partial charge on any atom is -0.277 e. The van der Waals surface area contributed by atoms with Crippen LogP contribution in [0.25, 0.3) is 5.69 Å². The summed E-state index contributed by atoms with van der Waals surface area (Å²) in [5.41, 5.74) is 1.54. The summed E-state index contributed by atoms with van der Waals surface area (Å²) in [6.45, 7) is 0. The number of nitrogens with zero attached hydrogens (tertiary/aromatic N) is 4. The molecule has 0 aliphatic heterocycles. The predicted molar refractivity (Wildman–Crippen MR) is 114 cm³/mol. The maximum absolute atomic E-state index is 14.4. The maximum Gasteiger partial charge on any atom is 0.261 e. The fourth-order valence-corrected chi connectivity index (χ4v) is 5.31. The van der Waals surface area contributed by atoms with E-state index in [-0.39, 0.29) is 10.6 Å². The van der Waals surface area contributed by atoms with Crippen LogP contribution in [0.2, 0.25) is 0 Å². The molecule has 2 saturated carbocycles. The number of tetrazole rings is 1. The van der Waals surface area contributed by atoms with Gasteiger partial charge in [-0.15, -0.1) is 5.10 Å². The van der Waals surface area contributed by atoms with Crippen LogP contribution in [0.5, 0.6) is 0 Å². The number of sulfonamides is 1. The SMILES string of the molecule is O=S(=O)(Nc1cc(-n2nnnc2C2CC2)ccc1F)c1ccc(C2CCCCC2)cc1. The van der Waals surface area contributed by atoms with Crippen molar-refractivity contribution in [2.24, 2.45) is 0 Å². The monoisotopic (exact) mass is 441 g/mol. The number of hydrogen-bond donors (Lipinski definition) is 1. The molecule has 2 aliphatic carbocycles. The van der Waals surface area contributed by atoms with E-state index in [4.69, 9.17) is 0 Å². The van der Waals surface area contributed by atoms with Gasteiger partial charge in [-0.05, 0) is 77.9 Å². The van der Waals surface area contributed by atoms with Crippen molar-refractivity contribution in [3.05, 3.63) is 59.7 Å². The molecule has 0 saturated heterocycles. The third kappa shape index (κ3) is 4.19. The summed E-state index contributed by atoms with van der Waals surface area (Å²) in [5.74, 6) is 0.832. The lowest BCUT2D eigenvalue weighted by Crippen LogP contribution is -2.15. The lowest BCUT2D eigenvalue weighted by atomic mass is 9.84. The third-order valence-corrected chi connectivity index (χ3v) is 7.52. The molecular formula is C22H24FN5O2S. The molecule has 0 radical (unpaired) electrons. The summed E-state index contributed by atoms with van der Waals surface area (Å²) in [6, 6.07) is 11.1. The summed E-state index contributed by atoms with van der Waals surface area (Å²) in [5, 5.41) is 11.7. The number of anilines is 1. The van der Waals surface area contributed by atoms with Crippen molar-refractivity contribution in [2.45, 2.75) is 61.7 Å². The molecule has 7 nitrogen and oxygen atoms in total. The molecule has 0 atom stereocenters. The standard InChI is InChI=1S/C22H24FN5O2S/c23-20-13-10-18(28-22(17-6-7-17)24-26-27-28)14-21(20)25-31(29,30)19-11-8-16(9-12-19)15-4-2-1-3-5-15/h8-15,17,25H,1-7H2. The van der Waals surface area contributed by atoms with Crippen LogP contribution < -0.4 is 4.72 Å². The Balaban J connectivity index is 1.39. The van der Waals surface area contributed by atoms with Crippen molar-refractivity contribution >= 4 is 15.7 Å². The van der Waals surface area contributed by atoms with Gasteiger partial charge in [0, 0.05) is 5.92 Å². The van der Waals surface area contributed by atoms with Crippen LogP contribution in [0, 0.1) is 5.82 Å². The second-order valence-corrected chi connectivity index (χ2v) is 10.1. The number of aromatic nitrogens is 4. The molecule has 1 N–H and O–H groups in total. The molecule has 0 bridgehead atoms. The average molecular weight is 442 g/mol. The van der Waals surface area contributed by atoms with Gasteiger partial charge in [0.05, 0.1) is 16.3 Å². The van der Waals surface area contributed by atoms with Gasteiger partial charge in [-0.3, -0.25) is 4.72 Å². The van der Waals surface area contributed by atoms with Crippen molar-refractivity contribution in [1.29, 1.82) is 0 Å². The first-order valence-corrected chi connectivity index (χ1v) is 12.2. The van der Waals surface area contributed by atoms with Crippen LogP contribution >= 0.6 is 0 Å². The van der Waals surface area contributed by atoms with Crippen molar-refractivity contribution in [1.82, 2.24) is 20.2 Å². The van der Waals surface area contributed by atoms with E-state index in [9.17, 15) is 12.8 Å². The molecule has 2 aromatic carbocycles. The molecule has 0 spiro atoms. The first-order valence-electron chi connectivity index (χ1n) is 10.7. The Bertz CT molecular complexity index is 1180. The summed E-state index contributed by atoms with van der Waals surface area (Å²) in [6.07, 6.45) is 8.00. The highest BCUT2D eigenvalue weighted by Crippen LogP contribution is 2.39. The van der Waals surface area contributed by atoms with Crippen molar-refractivity contribution in [3.8, 4) is 5.69 Å². The van der Waals surface area contributed by atoms with Gasteiger partial charge in [-0.2, -0.15) is 4.68 Å². The Hall–Kier alpha value is -2.81. The Labute approximate surface area is 180 Å². The van der Waals surface area contributed by atoms with Crippen LogP contribution in [-0.4, -0.2) is 28.6 Å². The molecule has 2 aliphatic rings. The van der Waals surface area contributed by atoms with E-state index in [2.05, 4.69) is 20.2 Å². The van der Waals surface area contributed by atoms with E-state index in [1.54, 1.807) is 12.1 Å². The summed E-state index contributed by atoms with van der Waals surface area (Å²) >= 11 is 0. The number of benzene rings is 2. The number of halogens is 1. The lowest BCUT2D eigenvalue weighted by molar-refractivity contribution is 0.443. The Morgan fingerprint density at radius 2 is 1.68 bits per heavy atom. The Morgan fingerprint density at radius 1 is 0.935 bits per heavy atom. The van der Waals surface area contributed by atoms with E-state index in [0.29, 0.717) is 23.3 Å². The number of hydrogen-bond acceptors (Lipinski definition) is 5. The molecule has 3 aromatic rings. The molecule has 5 rings (SSSR count). The zero-order valence-corrected chi connectivity index (χ0v) is 17.9. The van der Waals surface area contributed by atoms with Gasteiger partial charge < -0.3 is 0 Å². The first kappa shape index (κ1) is 20.1. The Morgan fingerprint density at radius 3 is 2.39 bits per heavy atom. The van der Waals surface area contributed by atoms with Crippen LogP contribution in [-0.2, 0) is 10.0 Å².